The molecule has 4 aliphatic rings. The normalized spacial score (nSPS) is 43.6. The Labute approximate surface area is 123 Å². The third-order valence-corrected chi connectivity index (χ3v) is 5.65. The van der Waals surface area contributed by atoms with E-state index >= 15 is 0 Å². The van der Waals surface area contributed by atoms with Crippen LogP contribution >= 0.6 is 0 Å². The zero-order chi connectivity index (χ0) is 14.5. The van der Waals surface area contributed by atoms with Crippen molar-refractivity contribution >= 4 is 0 Å². The van der Waals surface area contributed by atoms with Gasteiger partial charge in [-0.25, -0.2) is 0 Å². The van der Waals surface area contributed by atoms with Gasteiger partial charge in [0.25, 0.3) is 0 Å². The van der Waals surface area contributed by atoms with Crippen LogP contribution in [0.15, 0.2) is 0 Å². The summed E-state index contributed by atoms with van der Waals surface area (Å²) in [6.07, 6.45) is 1.15. The molecule has 4 nitrogen and oxygen atoms in total. The first-order valence-electron chi connectivity index (χ1n) is 8.16. The Bertz CT molecular complexity index is 361. The number of nitrogens with zero attached hydrogens (tertiary/aromatic N) is 2. The molecule has 0 spiro atoms. The molecule has 0 aromatic rings. The SMILES string of the molecule is CNC(C1CN2CCN1CC2)C1CC(C)(C)OC1(C)C. The summed E-state index contributed by atoms with van der Waals surface area (Å²) in [6.45, 7) is 15.2. The van der Waals surface area contributed by atoms with E-state index in [4.69, 9.17) is 4.74 Å². The lowest BCUT2D eigenvalue weighted by atomic mass is 9.77. The number of nitrogens with one attached hydrogen (secondary N) is 1. The predicted molar refractivity (Wildman–Crippen MR) is 82.0 cm³/mol. The molecule has 4 saturated heterocycles. The van der Waals surface area contributed by atoms with Crippen molar-refractivity contribution in [1.82, 2.24) is 15.1 Å². The summed E-state index contributed by atoms with van der Waals surface area (Å²) < 4.78 is 6.33. The number of piperazine rings is 3. The quantitative estimate of drug-likeness (QED) is 0.840. The Morgan fingerprint density at radius 2 is 1.75 bits per heavy atom. The van der Waals surface area contributed by atoms with E-state index in [9.17, 15) is 0 Å². The molecule has 116 valence electrons. The second-order valence-electron chi connectivity index (χ2n) is 7.99. The van der Waals surface area contributed by atoms with Gasteiger partial charge in [0, 0.05) is 50.7 Å². The van der Waals surface area contributed by atoms with Crippen molar-refractivity contribution in [3.05, 3.63) is 0 Å². The Morgan fingerprint density at radius 1 is 1.10 bits per heavy atom. The molecule has 0 aromatic heterocycles. The molecule has 3 atom stereocenters. The van der Waals surface area contributed by atoms with Crippen molar-refractivity contribution in [2.24, 2.45) is 5.92 Å². The molecule has 0 amide bonds. The summed E-state index contributed by atoms with van der Waals surface area (Å²) in [7, 11) is 2.13. The molecule has 20 heavy (non-hydrogen) atoms. The Morgan fingerprint density at radius 3 is 2.15 bits per heavy atom. The maximum absolute atomic E-state index is 6.33. The van der Waals surface area contributed by atoms with Crippen LogP contribution in [0.5, 0.6) is 0 Å². The van der Waals surface area contributed by atoms with Crippen LogP contribution in [0.4, 0.5) is 0 Å². The highest BCUT2D eigenvalue weighted by Crippen LogP contribution is 2.45. The summed E-state index contributed by atoms with van der Waals surface area (Å²) in [4.78, 5) is 5.32. The van der Waals surface area contributed by atoms with Crippen molar-refractivity contribution in [3.8, 4) is 0 Å². The van der Waals surface area contributed by atoms with Crippen LogP contribution in [0.2, 0.25) is 0 Å². The molecule has 3 unspecified atom stereocenters. The molecule has 4 heteroatoms. The van der Waals surface area contributed by atoms with Gasteiger partial charge in [-0.15, -0.1) is 0 Å². The third kappa shape index (κ3) is 2.52. The largest absolute Gasteiger partial charge is 0.369 e. The van der Waals surface area contributed by atoms with E-state index in [2.05, 4.69) is 49.9 Å². The van der Waals surface area contributed by atoms with E-state index in [1.807, 2.05) is 0 Å². The molecular formula is C16H31N3O. The van der Waals surface area contributed by atoms with Crippen LogP contribution in [-0.4, -0.2) is 72.9 Å². The fourth-order valence-corrected chi connectivity index (χ4v) is 4.82. The van der Waals surface area contributed by atoms with Crippen molar-refractivity contribution < 1.29 is 4.74 Å². The number of rotatable bonds is 3. The van der Waals surface area contributed by atoms with Crippen LogP contribution < -0.4 is 5.32 Å². The van der Waals surface area contributed by atoms with E-state index in [1.54, 1.807) is 0 Å². The van der Waals surface area contributed by atoms with Crippen LogP contribution in [0.3, 0.4) is 0 Å². The van der Waals surface area contributed by atoms with Gasteiger partial charge in [0.1, 0.15) is 0 Å². The lowest BCUT2D eigenvalue weighted by Gasteiger charge is -2.52. The van der Waals surface area contributed by atoms with E-state index < -0.39 is 0 Å². The van der Waals surface area contributed by atoms with Gasteiger partial charge in [0.15, 0.2) is 0 Å². The van der Waals surface area contributed by atoms with Crippen LogP contribution in [-0.2, 0) is 4.74 Å². The van der Waals surface area contributed by atoms with E-state index in [-0.39, 0.29) is 11.2 Å². The average Bonchev–Trinajstić information content (AvgIpc) is 2.60. The molecule has 0 aliphatic carbocycles. The Balaban J connectivity index is 1.80. The summed E-state index contributed by atoms with van der Waals surface area (Å²) in [5.74, 6) is 0.577. The average molecular weight is 281 g/mol. The molecule has 1 N–H and O–H groups in total. The maximum atomic E-state index is 6.33. The molecule has 0 radical (unpaired) electrons. The van der Waals surface area contributed by atoms with Crippen molar-refractivity contribution in [3.63, 3.8) is 0 Å². The number of hydrogen-bond acceptors (Lipinski definition) is 4. The summed E-state index contributed by atoms with van der Waals surface area (Å²) in [5.41, 5.74) is -0.0309. The number of fused-ring (bicyclic) bond motifs is 3. The van der Waals surface area contributed by atoms with E-state index in [1.165, 1.54) is 32.7 Å². The minimum absolute atomic E-state index is 0.00652. The van der Waals surface area contributed by atoms with Gasteiger partial charge >= 0.3 is 0 Å². The van der Waals surface area contributed by atoms with Crippen LogP contribution in [0, 0.1) is 5.92 Å². The Hall–Kier alpha value is -0.160. The second-order valence-corrected chi connectivity index (χ2v) is 7.99. The minimum Gasteiger partial charge on any atom is -0.369 e. The topological polar surface area (TPSA) is 27.7 Å². The van der Waals surface area contributed by atoms with Gasteiger partial charge < -0.3 is 10.1 Å². The number of ether oxygens (including phenoxy) is 1. The second kappa shape index (κ2) is 4.94. The van der Waals surface area contributed by atoms with Gasteiger partial charge in [0.05, 0.1) is 11.2 Å². The standard InChI is InChI=1S/C16H31N3O/c1-15(2)10-12(16(3,4)20-15)14(17-5)13-11-18-6-8-19(13)9-7-18/h12-14,17H,6-11H2,1-5H3. The molecule has 0 saturated carbocycles. The first kappa shape index (κ1) is 14.8. The van der Waals surface area contributed by atoms with Crippen LogP contribution in [0.1, 0.15) is 34.1 Å². The molecule has 4 rings (SSSR count). The van der Waals surface area contributed by atoms with E-state index in [0.717, 1.165) is 6.42 Å². The smallest absolute Gasteiger partial charge is 0.0678 e. The molecule has 4 aliphatic heterocycles. The maximum Gasteiger partial charge on any atom is 0.0678 e. The summed E-state index contributed by atoms with van der Waals surface area (Å²) >= 11 is 0. The summed E-state index contributed by atoms with van der Waals surface area (Å²) in [6, 6.07) is 1.17. The molecule has 0 aromatic carbocycles. The van der Waals surface area contributed by atoms with Gasteiger partial charge in [-0.1, -0.05) is 0 Å². The fraction of sp³-hybridized carbons (Fsp3) is 1.00. The van der Waals surface area contributed by atoms with Crippen molar-refractivity contribution in [2.45, 2.75) is 57.4 Å². The molecule has 4 fully saturated rings. The highest BCUT2D eigenvalue weighted by molar-refractivity contribution is 5.05. The van der Waals surface area contributed by atoms with Gasteiger partial charge in [-0.2, -0.15) is 0 Å². The Kier molecular flexibility index (Phi) is 3.65. The van der Waals surface area contributed by atoms with Crippen LogP contribution in [0.25, 0.3) is 0 Å². The van der Waals surface area contributed by atoms with Crippen molar-refractivity contribution in [2.75, 3.05) is 39.8 Å². The molecule has 2 bridgehead atoms. The van der Waals surface area contributed by atoms with Gasteiger partial charge in [-0.3, -0.25) is 9.80 Å². The zero-order valence-corrected chi connectivity index (χ0v) is 13.8. The fourth-order valence-electron chi connectivity index (χ4n) is 4.82. The molecular weight excluding hydrogens is 250 g/mol. The summed E-state index contributed by atoms with van der Waals surface area (Å²) in [5, 5.41) is 3.64. The van der Waals surface area contributed by atoms with E-state index in [0.29, 0.717) is 18.0 Å². The highest BCUT2D eigenvalue weighted by atomic mass is 16.5. The first-order chi connectivity index (χ1) is 9.32. The lowest BCUT2D eigenvalue weighted by Crippen LogP contribution is -2.68. The third-order valence-electron chi connectivity index (χ3n) is 5.65. The van der Waals surface area contributed by atoms with Gasteiger partial charge in [-0.05, 0) is 41.2 Å². The van der Waals surface area contributed by atoms with Gasteiger partial charge in [0.2, 0.25) is 0 Å². The zero-order valence-electron chi connectivity index (χ0n) is 13.8. The first-order valence-corrected chi connectivity index (χ1v) is 8.16. The monoisotopic (exact) mass is 281 g/mol. The van der Waals surface area contributed by atoms with Crippen molar-refractivity contribution in [1.29, 1.82) is 0 Å². The number of hydrogen-bond donors (Lipinski definition) is 1. The minimum atomic E-state index is -0.0374. The molecule has 4 heterocycles. The highest BCUT2D eigenvalue weighted by Gasteiger charge is 2.52. The lowest BCUT2D eigenvalue weighted by molar-refractivity contribution is -0.0856. The number of likely N-dealkylation sites (N-methyl/N-ethyl adjacent to an activating group) is 1. The predicted octanol–water partition coefficient (Wildman–Crippen LogP) is 1.17.